The average molecular weight is 489 g/mol. The quantitative estimate of drug-likeness (QED) is 0.385. The third-order valence-electron chi connectivity index (χ3n) is 11.4. The van der Waals surface area contributed by atoms with Crippen LogP contribution in [0.3, 0.4) is 0 Å². The van der Waals surface area contributed by atoms with Gasteiger partial charge in [-0.1, -0.05) is 62.4 Å². The molecule has 9 atom stereocenters. The second kappa shape index (κ2) is 6.53. The summed E-state index contributed by atoms with van der Waals surface area (Å²) in [6, 6.07) is 9.40. The smallest absolute Gasteiger partial charge is 0.205 e. The number of carbonyl (C=O) groups excluding carboxylic acids is 3. The van der Waals surface area contributed by atoms with E-state index in [9.17, 15) is 24.6 Å². The van der Waals surface area contributed by atoms with Gasteiger partial charge in [-0.3, -0.25) is 14.4 Å². The second-order valence-corrected chi connectivity index (χ2v) is 12.7. The number of aliphatic hydroxyl groups excluding tert-OH is 1. The molecule has 5 aliphatic carbocycles. The highest BCUT2D eigenvalue weighted by atomic mass is 16.6. The Bertz CT molecular complexity index is 1280. The normalized spacial score (nSPS) is 49.6. The lowest BCUT2D eigenvalue weighted by molar-refractivity contribution is -0.460. The number of hydrogen-bond acceptors (Lipinski definition) is 6. The number of hydrogen-bond donors (Lipinski definition) is 2. The molecular weight excluding hydrogens is 456 g/mol. The van der Waals surface area contributed by atoms with Crippen LogP contribution in [0.4, 0.5) is 0 Å². The fourth-order valence-corrected chi connectivity index (χ4v) is 10.1. The fraction of sp³-hybridized carbons (Fsp3) is 0.567. The molecule has 2 aliphatic heterocycles. The number of fused-ring (bicyclic) bond motifs is 1. The molecule has 2 saturated heterocycles. The number of ketones is 3. The predicted octanol–water partition coefficient (Wildman–Crippen LogP) is 3.12. The van der Waals surface area contributed by atoms with Crippen molar-refractivity contribution in [2.24, 2.45) is 45.3 Å². The highest BCUT2D eigenvalue weighted by Gasteiger charge is 2.96. The van der Waals surface area contributed by atoms with Crippen LogP contribution in [0.25, 0.3) is 6.08 Å². The number of benzene rings is 1. The number of aliphatic hydroxyl groups is 2. The molecule has 1 aromatic carbocycles. The molecule has 0 amide bonds. The maximum absolute atomic E-state index is 14.5. The Labute approximate surface area is 210 Å². The van der Waals surface area contributed by atoms with Gasteiger partial charge in [0, 0.05) is 18.3 Å². The first-order valence-electron chi connectivity index (χ1n) is 13.1. The molecular formula is C30H32O6. The van der Waals surface area contributed by atoms with Gasteiger partial charge in [0.15, 0.2) is 11.6 Å². The van der Waals surface area contributed by atoms with Crippen molar-refractivity contribution in [1.82, 2.24) is 0 Å². The van der Waals surface area contributed by atoms with Gasteiger partial charge in [0.1, 0.15) is 17.3 Å². The molecule has 7 aliphatic rings. The van der Waals surface area contributed by atoms with Crippen molar-refractivity contribution in [3.05, 3.63) is 54.1 Å². The minimum atomic E-state index is -2.12. The van der Waals surface area contributed by atoms with E-state index in [1.54, 1.807) is 6.08 Å². The van der Waals surface area contributed by atoms with Gasteiger partial charge in [-0.25, -0.2) is 0 Å². The molecule has 0 radical (unpaired) electrons. The highest BCUT2D eigenvalue weighted by molar-refractivity contribution is 6.24. The van der Waals surface area contributed by atoms with Gasteiger partial charge in [0.2, 0.25) is 5.79 Å². The second-order valence-electron chi connectivity index (χ2n) is 12.7. The van der Waals surface area contributed by atoms with Gasteiger partial charge in [-0.15, -0.1) is 0 Å². The molecule has 2 heterocycles. The molecule has 5 saturated carbocycles. The van der Waals surface area contributed by atoms with Crippen LogP contribution in [-0.2, 0) is 19.1 Å². The van der Waals surface area contributed by atoms with Gasteiger partial charge in [0.05, 0.1) is 17.4 Å². The van der Waals surface area contributed by atoms with E-state index in [2.05, 4.69) is 6.58 Å². The summed E-state index contributed by atoms with van der Waals surface area (Å²) >= 11 is 0. The lowest BCUT2D eigenvalue weighted by Crippen LogP contribution is -2.95. The van der Waals surface area contributed by atoms with Crippen LogP contribution in [0.5, 0.6) is 0 Å². The van der Waals surface area contributed by atoms with Crippen molar-refractivity contribution in [3.63, 3.8) is 0 Å². The maximum atomic E-state index is 14.5. The van der Waals surface area contributed by atoms with Crippen molar-refractivity contribution >= 4 is 23.4 Å². The number of rotatable bonds is 3. The van der Waals surface area contributed by atoms with Crippen molar-refractivity contribution in [3.8, 4) is 0 Å². The zero-order valence-electron chi connectivity index (χ0n) is 20.7. The van der Waals surface area contributed by atoms with E-state index in [-0.39, 0.29) is 24.1 Å². The van der Waals surface area contributed by atoms with Crippen LogP contribution in [0.2, 0.25) is 0 Å². The summed E-state index contributed by atoms with van der Waals surface area (Å²) in [6.07, 6.45) is 4.04. The van der Waals surface area contributed by atoms with E-state index in [1.807, 2.05) is 44.2 Å². The standard InChI is InChI=1S/C30H32O6/c1-16-18-10-11-19-27-15-36-30(35,24(33)23(27)26(2,3)14-13-20(27)31)29(19)22(18)28(16,25(29)34)21(32)12-9-17-7-5-4-6-8-17/h4-9,12,18-19,22-24,33,35H,1,10-11,13-15H2,2-3H3. The summed E-state index contributed by atoms with van der Waals surface area (Å²) in [4.78, 5) is 41.9. The van der Waals surface area contributed by atoms with Crippen LogP contribution in [-0.4, -0.2) is 46.1 Å². The Morgan fingerprint density at radius 3 is 2.58 bits per heavy atom. The van der Waals surface area contributed by atoms with Crippen LogP contribution < -0.4 is 0 Å². The van der Waals surface area contributed by atoms with Gasteiger partial charge >= 0.3 is 0 Å². The minimum absolute atomic E-state index is 0.0143. The molecule has 188 valence electrons. The van der Waals surface area contributed by atoms with Crippen LogP contribution in [0.1, 0.15) is 45.1 Å². The van der Waals surface area contributed by atoms with Crippen molar-refractivity contribution in [2.45, 2.75) is 51.4 Å². The number of carbonyl (C=O) groups is 3. The summed E-state index contributed by atoms with van der Waals surface area (Å²) in [5, 5.41) is 23.9. The van der Waals surface area contributed by atoms with Gasteiger partial charge < -0.3 is 14.9 Å². The summed E-state index contributed by atoms with van der Waals surface area (Å²) in [7, 11) is 0. The van der Waals surface area contributed by atoms with Gasteiger partial charge in [-0.2, -0.15) is 0 Å². The third-order valence-corrected chi connectivity index (χ3v) is 11.4. The molecule has 0 aromatic heterocycles. The molecule has 9 unspecified atom stereocenters. The lowest BCUT2D eigenvalue weighted by Gasteiger charge is -2.84. The van der Waals surface area contributed by atoms with E-state index < -0.39 is 57.1 Å². The Hall–Kier alpha value is -2.41. The topological polar surface area (TPSA) is 101 Å². The molecule has 36 heavy (non-hydrogen) atoms. The highest BCUT2D eigenvalue weighted by Crippen LogP contribution is 2.87. The summed E-state index contributed by atoms with van der Waals surface area (Å²) < 4.78 is 6.03. The monoisotopic (exact) mass is 488 g/mol. The first-order valence-corrected chi connectivity index (χ1v) is 13.1. The van der Waals surface area contributed by atoms with Gasteiger partial charge in [0.25, 0.3) is 0 Å². The van der Waals surface area contributed by atoms with Crippen molar-refractivity contribution in [1.29, 1.82) is 0 Å². The van der Waals surface area contributed by atoms with Crippen LogP contribution in [0.15, 0.2) is 48.6 Å². The van der Waals surface area contributed by atoms with E-state index in [0.29, 0.717) is 24.8 Å². The summed E-state index contributed by atoms with van der Waals surface area (Å²) in [6.45, 7) is 8.28. The average Bonchev–Trinajstić information content (AvgIpc) is 2.85. The SMILES string of the molecule is C=C1C2CCC3C45COC(O)(C(O)C4C(C)(C)CCC5=O)C34C(=O)C1(C(=O)C=Cc1ccccc1)C24. The van der Waals surface area contributed by atoms with E-state index in [4.69, 9.17) is 4.74 Å². The van der Waals surface area contributed by atoms with Gasteiger partial charge in [-0.05, 0) is 48.2 Å². The lowest BCUT2D eigenvalue weighted by atomic mass is 9.18. The number of allylic oxidation sites excluding steroid dienone is 2. The molecule has 8 rings (SSSR count). The molecule has 2 spiro atoms. The number of ether oxygens (including phenoxy) is 1. The third kappa shape index (κ3) is 2.00. The summed E-state index contributed by atoms with van der Waals surface area (Å²) in [5.74, 6) is -4.44. The van der Waals surface area contributed by atoms with Crippen molar-refractivity contribution in [2.75, 3.05) is 6.61 Å². The number of Topliss-reactive ketones (excluding diaryl/α,β-unsaturated/α-hetero) is 2. The van der Waals surface area contributed by atoms with E-state index in [1.165, 1.54) is 6.08 Å². The Morgan fingerprint density at radius 2 is 1.86 bits per heavy atom. The summed E-state index contributed by atoms with van der Waals surface area (Å²) in [5.41, 5.74) is -2.86. The first kappa shape index (κ1) is 22.8. The molecule has 6 nitrogen and oxygen atoms in total. The predicted molar refractivity (Wildman–Crippen MR) is 130 cm³/mol. The Balaban J connectivity index is 1.37. The maximum Gasteiger partial charge on any atom is 0.205 e. The molecule has 2 bridgehead atoms. The minimum Gasteiger partial charge on any atom is -0.387 e. The van der Waals surface area contributed by atoms with Crippen LogP contribution in [0, 0.1) is 45.3 Å². The largest absolute Gasteiger partial charge is 0.387 e. The van der Waals surface area contributed by atoms with E-state index >= 15 is 0 Å². The Morgan fingerprint density at radius 1 is 1.14 bits per heavy atom. The van der Waals surface area contributed by atoms with Crippen molar-refractivity contribution < 1.29 is 29.3 Å². The zero-order chi connectivity index (χ0) is 25.5. The fourth-order valence-electron chi connectivity index (χ4n) is 10.1. The molecule has 1 aromatic rings. The molecule has 2 N–H and O–H groups in total. The van der Waals surface area contributed by atoms with Crippen LogP contribution >= 0.6 is 0 Å². The van der Waals surface area contributed by atoms with E-state index in [0.717, 1.165) is 12.0 Å². The first-order chi connectivity index (χ1) is 17.0. The molecule has 6 heteroatoms. The zero-order valence-corrected chi connectivity index (χ0v) is 20.7. The molecule has 7 fully saturated rings. The Kier molecular flexibility index (Phi) is 4.13.